The average Bonchev–Trinajstić information content (AvgIpc) is 2.67. The summed E-state index contributed by atoms with van der Waals surface area (Å²) in [5.74, 6) is 0.452. The van der Waals surface area contributed by atoms with Gasteiger partial charge in [0.15, 0.2) is 5.78 Å². The normalized spacial score (nSPS) is 17.7. The molecule has 0 unspecified atom stereocenters. The first-order valence-corrected chi connectivity index (χ1v) is 7.56. The highest BCUT2D eigenvalue weighted by molar-refractivity contribution is 5.89. The van der Waals surface area contributed by atoms with Gasteiger partial charge < -0.3 is 5.11 Å². The molecule has 0 atom stereocenters. The Kier molecular flexibility index (Phi) is 4.81. The van der Waals surface area contributed by atoms with Crippen LogP contribution in [0.5, 0.6) is 5.75 Å². The lowest BCUT2D eigenvalue weighted by atomic mass is 9.91. The van der Waals surface area contributed by atoms with Gasteiger partial charge >= 0.3 is 0 Å². The molecule has 1 aliphatic heterocycles. The Bertz CT molecular complexity index is 460. The number of aromatic hydroxyl groups is 1. The van der Waals surface area contributed by atoms with Crippen LogP contribution in [0.25, 0.3) is 0 Å². The van der Waals surface area contributed by atoms with Gasteiger partial charge in [-0.15, -0.1) is 0 Å². The molecule has 2 rings (SSSR count). The van der Waals surface area contributed by atoms with Crippen molar-refractivity contribution in [2.24, 2.45) is 0 Å². The summed E-state index contributed by atoms with van der Waals surface area (Å²) in [4.78, 5) is 15.0. The zero-order valence-electron chi connectivity index (χ0n) is 12.6. The summed E-state index contributed by atoms with van der Waals surface area (Å²) in [5.41, 5.74) is 0.466. The van der Waals surface area contributed by atoms with Crippen LogP contribution in [0, 0.1) is 0 Å². The van der Waals surface area contributed by atoms with E-state index in [1.165, 1.54) is 25.7 Å². The number of hydrogen-bond donors (Lipinski definition) is 1. The van der Waals surface area contributed by atoms with Crippen molar-refractivity contribution >= 4 is 5.78 Å². The molecule has 1 aromatic carbocycles. The number of carbonyl (C=O) groups excluding carboxylic acids is 1. The maximum atomic E-state index is 12.6. The molecule has 1 N–H and O–H groups in total. The van der Waals surface area contributed by atoms with Crippen LogP contribution in [0.3, 0.4) is 0 Å². The summed E-state index contributed by atoms with van der Waals surface area (Å²) >= 11 is 0. The number of phenolic OH excluding ortho intramolecular Hbond substituents is 1. The summed E-state index contributed by atoms with van der Waals surface area (Å²) in [5, 5.41) is 9.49. The van der Waals surface area contributed by atoms with Gasteiger partial charge in [0.1, 0.15) is 5.75 Å². The van der Waals surface area contributed by atoms with E-state index in [1.54, 1.807) is 18.2 Å². The summed E-state index contributed by atoms with van der Waals surface area (Å²) in [6.07, 6.45) is 5.30. The van der Waals surface area contributed by atoms with Crippen molar-refractivity contribution < 1.29 is 9.90 Å². The summed E-state index contributed by atoms with van der Waals surface area (Å²) in [6.45, 7) is 6.09. The predicted octanol–water partition coefficient (Wildman–Crippen LogP) is 3.16. The fraction of sp³-hybridized carbons (Fsp3) is 0.588. The zero-order chi connectivity index (χ0) is 14.6. The standard InChI is InChI=1S/C17H25NO2/c1-17(2,18-10-5-3-4-6-11-18)16(20)13-14-8-7-9-15(19)12-14/h7-9,12,19H,3-6,10-11,13H2,1-2H3. The number of carbonyl (C=O) groups is 1. The largest absolute Gasteiger partial charge is 0.508 e. The number of Topliss-reactive ketones (excluding diaryl/α,β-unsaturated/α-hetero) is 1. The number of hydrogen-bond acceptors (Lipinski definition) is 3. The van der Waals surface area contributed by atoms with Crippen LogP contribution in [0.2, 0.25) is 0 Å². The van der Waals surface area contributed by atoms with E-state index >= 15 is 0 Å². The molecule has 0 amide bonds. The number of ketones is 1. The maximum absolute atomic E-state index is 12.6. The minimum absolute atomic E-state index is 0.225. The van der Waals surface area contributed by atoms with E-state index in [1.807, 2.05) is 19.9 Å². The molecule has 0 aliphatic carbocycles. The quantitative estimate of drug-likeness (QED) is 0.917. The molecule has 0 saturated carbocycles. The fourth-order valence-corrected chi connectivity index (χ4v) is 2.87. The van der Waals surface area contributed by atoms with Crippen LogP contribution in [-0.4, -0.2) is 34.4 Å². The predicted molar refractivity (Wildman–Crippen MR) is 80.9 cm³/mol. The van der Waals surface area contributed by atoms with E-state index in [-0.39, 0.29) is 11.5 Å². The number of rotatable bonds is 4. The zero-order valence-corrected chi connectivity index (χ0v) is 12.6. The molecule has 1 aliphatic rings. The molecule has 1 saturated heterocycles. The molecular weight excluding hydrogens is 250 g/mol. The second-order valence-corrected chi connectivity index (χ2v) is 6.23. The van der Waals surface area contributed by atoms with Crippen molar-refractivity contribution in [2.45, 2.75) is 51.5 Å². The summed E-state index contributed by atoms with van der Waals surface area (Å²) in [6, 6.07) is 7.00. The van der Waals surface area contributed by atoms with Crippen LogP contribution in [-0.2, 0) is 11.2 Å². The van der Waals surface area contributed by atoms with Crippen molar-refractivity contribution in [3.05, 3.63) is 29.8 Å². The van der Waals surface area contributed by atoms with Gasteiger partial charge in [-0.25, -0.2) is 0 Å². The molecule has 3 nitrogen and oxygen atoms in total. The van der Waals surface area contributed by atoms with Crippen LogP contribution in [0.1, 0.15) is 45.1 Å². The Labute approximate surface area is 121 Å². The first kappa shape index (κ1) is 15.0. The molecule has 0 spiro atoms. The highest BCUT2D eigenvalue weighted by atomic mass is 16.3. The van der Waals surface area contributed by atoms with Crippen molar-refractivity contribution in [3.63, 3.8) is 0 Å². The van der Waals surface area contributed by atoms with Gasteiger partial charge in [-0.05, 0) is 57.5 Å². The first-order chi connectivity index (χ1) is 9.50. The third-order valence-electron chi connectivity index (χ3n) is 4.35. The second kappa shape index (κ2) is 6.40. The monoisotopic (exact) mass is 275 g/mol. The van der Waals surface area contributed by atoms with Crippen molar-refractivity contribution in [1.82, 2.24) is 4.90 Å². The topological polar surface area (TPSA) is 40.5 Å². The number of nitrogens with zero attached hydrogens (tertiary/aromatic N) is 1. The third-order valence-corrected chi connectivity index (χ3v) is 4.35. The van der Waals surface area contributed by atoms with Crippen LogP contribution in [0.4, 0.5) is 0 Å². The lowest BCUT2D eigenvalue weighted by Gasteiger charge is -2.36. The number of likely N-dealkylation sites (tertiary alicyclic amines) is 1. The fourth-order valence-electron chi connectivity index (χ4n) is 2.87. The molecule has 0 bridgehead atoms. The Morgan fingerprint density at radius 3 is 2.45 bits per heavy atom. The van der Waals surface area contributed by atoms with Crippen molar-refractivity contribution in [3.8, 4) is 5.75 Å². The Morgan fingerprint density at radius 2 is 1.85 bits per heavy atom. The molecule has 3 heteroatoms. The van der Waals surface area contributed by atoms with E-state index in [9.17, 15) is 9.90 Å². The number of phenols is 1. The van der Waals surface area contributed by atoms with E-state index in [0.717, 1.165) is 18.7 Å². The number of benzene rings is 1. The summed E-state index contributed by atoms with van der Waals surface area (Å²) in [7, 11) is 0. The second-order valence-electron chi connectivity index (χ2n) is 6.23. The van der Waals surface area contributed by atoms with E-state index in [2.05, 4.69) is 4.90 Å². The van der Waals surface area contributed by atoms with E-state index in [0.29, 0.717) is 6.42 Å². The minimum Gasteiger partial charge on any atom is -0.508 e. The van der Waals surface area contributed by atoms with Gasteiger partial charge in [-0.3, -0.25) is 9.69 Å². The lowest BCUT2D eigenvalue weighted by Crippen LogP contribution is -2.51. The molecule has 0 radical (unpaired) electrons. The smallest absolute Gasteiger partial charge is 0.156 e. The molecule has 1 heterocycles. The van der Waals surface area contributed by atoms with Crippen LogP contribution < -0.4 is 0 Å². The Hall–Kier alpha value is -1.35. The van der Waals surface area contributed by atoms with Gasteiger partial charge in [-0.2, -0.15) is 0 Å². The van der Waals surface area contributed by atoms with Gasteiger partial charge in [0, 0.05) is 6.42 Å². The van der Waals surface area contributed by atoms with Gasteiger partial charge in [-0.1, -0.05) is 25.0 Å². The summed E-state index contributed by atoms with van der Waals surface area (Å²) < 4.78 is 0. The van der Waals surface area contributed by atoms with E-state index in [4.69, 9.17) is 0 Å². The molecule has 0 aromatic heterocycles. The van der Waals surface area contributed by atoms with Crippen LogP contribution >= 0.6 is 0 Å². The Morgan fingerprint density at radius 1 is 1.20 bits per heavy atom. The van der Waals surface area contributed by atoms with Gasteiger partial charge in [0.25, 0.3) is 0 Å². The van der Waals surface area contributed by atoms with Gasteiger partial charge in [0.05, 0.1) is 5.54 Å². The highest BCUT2D eigenvalue weighted by Crippen LogP contribution is 2.23. The first-order valence-electron chi connectivity index (χ1n) is 7.56. The molecular formula is C17H25NO2. The third kappa shape index (κ3) is 3.60. The highest BCUT2D eigenvalue weighted by Gasteiger charge is 2.34. The van der Waals surface area contributed by atoms with E-state index < -0.39 is 5.54 Å². The SMILES string of the molecule is CC(C)(C(=O)Cc1cccc(O)c1)N1CCCCCC1. The molecule has 20 heavy (non-hydrogen) atoms. The van der Waals surface area contributed by atoms with Crippen LogP contribution in [0.15, 0.2) is 24.3 Å². The lowest BCUT2D eigenvalue weighted by molar-refractivity contribution is -0.128. The molecule has 110 valence electrons. The minimum atomic E-state index is -0.421. The van der Waals surface area contributed by atoms with Crippen molar-refractivity contribution in [2.75, 3.05) is 13.1 Å². The van der Waals surface area contributed by atoms with Crippen molar-refractivity contribution in [1.29, 1.82) is 0 Å². The Balaban J connectivity index is 2.05. The molecule has 1 aromatic rings. The average molecular weight is 275 g/mol. The van der Waals surface area contributed by atoms with Gasteiger partial charge in [0.2, 0.25) is 0 Å². The maximum Gasteiger partial charge on any atom is 0.156 e. The molecule has 1 fully saturated rings.